The zero-order chi connectivity index (χ0) is 21.0. The maximum atomic E-state index is 13.0. The summed E-state index contributed by atoms with van der Waals surface area (Å²) in [4.78, 5) is 14.8. The molecule has 0 aliphatic carbocycles. The molecule has 0 radical (unpaired) electrons. The first kappa shape index (κ1) is 21.8. The summed E-state index contributed by atoms with van der Waals surface area (Å²) in [5.41, 5.74) is 4.84. The molecule has 154 valence electrons. The third-order valence-corrected chi connectivity index (χ3v) is 6.99. The van der Waals surface area contributed by atoms with Gasteiger partial charge in [0, 0.05) is 6.54 Å². The van der Waals surface area contributed by atoms with Gasteiger partial charge < -0.3 is 4.74 Å². The van der Waals surface area contributed by atoms with Gasteiger partial charge in [-0.25, -0.2) is 0 Å². The van der Waals surface area contributed by atoms with Gasteiger partial charge in [0.2, 0.25) is 5.91 Å². The van der Waals surface area contributed by atoms with Crippen LogP contribution in [-0.4, -0.2) is 34.0 Å². The van der Waals surface area contributed by atoms with Crippen LogP contribution >= 0.6 is 24.0 Å². The highest BCUT2D eigenvalue weighted by atomic mass is 32.2. The summed E-state index contributed by atoms with van der Waals surface area (Å²) in [6.07, 6.45) is 2.58. The average molecular weight is 428 g/mol. The first-order valence-corrected chi connectivity index (χ1v) is 11.4. The molecule has 0 bridgehead atoms. The molecule has 1 saturated heterocycles. The number of nitrogens with zero attached hydrogens (tertiary/aromatic N) is 1. The highest BCUT2D eigenvalue weighted by Gasteiger charge is 2.36. The summed E-state index contributed by atoms with van der Waals surface area (Å²) in [6, 6.07) is 14.7. The van der Waals surface area contributed by atoms with Crippen LogP contribution in [0.1, 0.15) is 48.4 Å². The Hall–Kier alpha value is -1.85. The van der Waals surface area contributed by atoms with E-state index < -0.39 is 0 Å². The number of hydrogen-bond acceptors (Lipinski definition) is 4. The van der Waals surface area contributed by atoms with E-state index in [0.717, 1.165) is 24.2 Å². The van der Waals surface area contributed by atoms with Gasteiger partial charge in [-0.15, -0.1) is 0 Å². The molecule has 0 spiro atoms. The van der Waals surface area contributed by atoms with E-state index in [0.29, 0.717) is 23.2 Å². The minimum Gasteiger partial charge on any atom is -0.496 e. The molecular weight excluding hydrogens is 398 g/mol. The summed E-state index contributed by atoms with van der Waals surface area (Å²) in [6.45, 7) is 7.10. The molecule has 1 amide bonds. The number of methoxy groups -OCH3 is 1. The van der Waals surface area contributed by atoms with E-state index in [1.54, 1.807) is 12.0 Å². The van der Waals surface area contributed by atoms with Crippen molar-refractivity contribution in [2.45, 2.75) is 51.2 Å². The second-order valence-corrected chi connectivity index (χ2v) is 9.67. The Morgan fingerprint density at radius 2 is 1.93 bits per heavy atom. The molecular formula is C24H29NO2S2. The van der Waals surface area contributed by atoms with E-state index in [1.807, 2.05) is 6.07 Å². The van der Waals surface area contributed by atoms with Crippen LogP contribution < -0.4 is 4.74 Å². The normalized spacial score (nSPS) is 16.7. The average Bonchev–Trinajstić information content (AvgIpc) is 2.97. The SMILES string of the molecule is COc1cc(C)c(C[C@H]2SC(=S)N(CCCc3ccccc3)C2=O)cc1C(C)C. The van der Waals surface area contributed by atoms with Gasteiger partial charge in [0.25, 0.3) is 0 Å². The number of ether oxygens (including phenoxy) is 1. The summed E-state index contributed by atoms with van der Waals surface area (Å²) in [5, 5.41) is -0.133. The number of thiocarbonyl (C=S) groups is 1. The molecule has 0 saturated carbocycles. The molecule has 2 aromatic carbocycles. The molecule has 2 aromatic rings. The minimum atomic E-state index is -0.133. The second kappa shape index (κ2) is 9.77. The van der Waals surface area contributed by atoms with Gasteiger partial charge in [0.15, 0.2) is 0 Å². The smallest absolute Gasteiger partial charge is 0.241 e. The van der Waals surface area contributed by atoms with Crippen LogP contribution in [-0.2, 0) is 17.6 Å². The molecule has 3 nitrogen and oxygen atoms in total. The predicted octanol–water partition coefficient (Wildman–Crippen LogP) is 5.53. The molecule has 0 aromatic heterocycles. The van der Waals surface area contributed by atoms with Gasteiger partial charge in [0.1, 0.15) is 10.1 Å². The Balaban J connectivity index is 1.66. The topological polar surface area (TPSA) is 29.5 Å². The van der Waals surface area contributed by atoms with Gasteiger partial charge in [-0.3, -0.25) is 9.69 Å². The first-order chi connectivity index (χ1) is 13.9. The fourth-order valence-electron chi connectivity index (χ4n) is 3.71. The summed E-state index contributed by atoms with van der Waals surface area (Å²) in [5.74, 6) is 1.44. The molecule has 1 heterocycles. The molecule has 1 aliphatic heterocycles. The molecule has 0 N–H and O–H groups in total. The molecule has 5 heteroatoms. The monoisotopic (exact) mass is 427 g/mol. The largest absolute Gasteiger partial charge is 0.496 e. The number of thioether (sulfide) groups is 1. The number of carbonyl (C=O) groups is 1. The van der Waals surface area contributed by atoms with Crippen LogP contribution in [0.25, 0.3) is 0 Å². The number of benzene rings is 2. The Bertz CT molecular complexity index is 880. The van der Waals surface area contributed by atoms with Crippen molar-refractivity contribution in [3.63, 3.8) is 0 Å². The quantitative estimate of drug-likeness (QED) is 0.518. The van der Waals surface area contributed by atoms with Crippen molar-refractivity contribution in [2.24, 2.45) is 0 Å². The van der Waals surface area contributed by atoms with Crippen LogP contribution in [0, 0.1) is 6.92 Å². The van der Waals surface area contributed by atoms with Crippen LogP contribution in [0.4, 0.5) is 0 Å². The van der Waals surface area contributed by atoms with Gasteiger partial charge in [0.05, 0.1) is 12.4 Å². The molecule has 1 atom stereocenters. The number of rotatable bonds is 8. The van der Waals surface area contributed by atoms with Crippen molar-refractivity contribution in [3.8, 4) is 5.75 Å². The third kappa shape index (κ3) is 5.20. The second-order valence-electron chi connectivity index (χ2n) is 7.83. The molecule has 1 aliphatic rings. The van der Waals surface area contributed by atoms with Crippen molar-refractivity contribution < 1.29 is 9.53 Å². The fourth-order valence-corrected chi connectivity index (χ4v) is 5.28. The third-order valence-electron chi connectivity index (χ3n) is 5.41. The zero-order valence-electron chi connectivity index (χ0n) is 17.6. The van der Waals surface area contributed by atoms with Crippen molar-refractivity contribution in [3.05, 3.63) is 64.7 Å². The minimum absolute atomic E-state index is 0.133. The van der Waals surface area contributed by atoms with E-state index in [4.69, 9.17) is 17.0 Å². The van der Waals surface area contributed by atoms with Gasteiger partial charge in [-0.05, 0) is 60.4 Å². The van der Waals surface area contributed by atoms with Gasteiger partial charge >= 0.3 is 0 Å². The summed E-state index contributed by atoms with van der Waals surface area (Å²) >= 11 is 7.06. The highest BCUT2D eigenvalue weighted by molar-refractivity contribution is 8.24. The van der Waals surface area contributed by atoms with Crippen molar-refractivity contribution in [1.29, 1.82) is 0 Å². The van der Waals surface area contributed by atoms with E-state index in [9.17, 15) is 4.79 Å². The number of carbonyl (C=O) groups excluding carboxylic acids is 1. The lowest BCUT2D eigenvalue weighted by Gasteiger charge is -2.18. The Morgan fingerprint density at radius 3 is 2.59 bits per heavy atom. The lowest BCUT2D eigenvalue weighted by atomic mass is 9.94. The van der Waals surface area contributed by atoms with Crippen LogP contribution in [0.2, 0.25) is 0 Å². The van der Waals surface area contributed by atoms with Gasteiger partial charge in [-0.2, -0.15) is 0 Å². The van der Waals surface area contributed by atoms with Gasteiger partial charge in [-0.1, -0.05) is 74.2 Å². The molecule has 0 unspecified atom stereocenters. The molecule has 3 rings (SSSR count). The van der Waals surface area contributed by atoms with Crippen molar-refractivity contribution >= 4 is 34.2 Å². The van der Waals surface area contributed by atoms with E-state index >= 15 is 0 Å². The maximum Gasteiger partial charge on any atom is 0.241 e. The molecule has 29 heavy (non-hydrogen) atoms. The lowest BCUT2D eigenvalue weighted by Crippen LogP contribution is -2.33. The number of amides is 1. The van der Waals surface area contributed by atoms with Crippen LogP contribution in [0.15, 0.2) is 42.5 Å². The number of aryl methyl sites for hydroxylation is 2. The first-order valence-electron chi connectivity index (χ1n) is 10.1. The Morgan fingerprint density at radius 1 is 1.21 bits per heavy atom. The Labute approximate surface area is 183 Å². The van der Waals surface area contributed by atoms with E-state index in [-0.39, 0.29) is 11.2 Å². The highest BCUT2D eigenvalue weighted by Crippen LogP contribution is 2.34. The van der Waals surface area contributed by atoms with Crippen molar-refractivity contribution in [2.75, 3.05) is 13.7 Å². The van der Waals surface area contributed by atoms with E-state index in [2.05, 4.69) is 57.2 Å². The zero-order valence-corrected chi connectivity index (χ0v) is 19.2. The summed E-state index contributed by atoms with van der Waals surface area (Å²) in [7, 11) is 1.71. The van der Waals surface area contributed by atoms with Crippen LogP contribution in [0.3, 0.4) is 0 Å². The van der Waals surface area contributed by atoms with Crippen molar-refractivity contribution in [1.82, 2.24) is 4.90 Å². The summed E-state index contributed by atoms with van der Waals surface area (Å²) < 4.78 is 6.26. The number of hydrogen-bond donors (Lipinski definition) is 0. The lowest BCUT2D eigenvalue weighted by molar-refractivity contribution is -0.126. The standard InChI is InChI=1S/C24H29NO2S2/c1-16(2)20-14-19(17(3)13-21(20)27-4)15-22-23(26)25(24(28)29-22)12-8-11-18-9-6-5-7-10-18/h5-7,9-10,13-14,16,22H,8,11-12,15H2,1-4H3/t22-/m1/s1. The van der Waals surface area contributed by atoms with Crippen LogP contribution in [0.5, 0.6) is 5.75 Å². The maximum absolute atomic E-state index is 13.0. The Kier molecular flexibility index (Phi) is 7.36. The molecule has 1 fully saturated rings. The predicted molar refractivity (Wildman–Crippen MR) is 126 cm³/mol. The van der Waals surface area contributed by atoms with E-state index in [1.165, 1.54) is 28.5 Å². The fraction of sp³-hybridized carbons (Fsp3) is 0.417.